The zero-order chi connectivity index (χ0) is 15.9. The van der Waals surface area contributed by atoms with Gasteiger partial charge >= 0.3 is 12.0 Å². The van der Waals surface area contributed by atoms with E-state index in [2.05, 4.69) is 22.5 Å². The number of aliphatic carboxylic acids is 1. The largest absolute Gasteiger partial charge is 0.481 e. The van der Waals surface area contributed by atoms with E-state index in [0.29, 0.717) is 19.6 Å². The van der Waals surface area contributed by atoms with E-state index in [1.54, 1.807) is 0 Å². The third-order valence-electron chi connectivity index (χ3n) is 3.58. The summed E-state index contributed by atoms with van der Waals surface area (Å²) in [4.78, 5) is 24.7. The Labute approximate surface area is 126 Å². The summed E-state index contributed by atoms with van der Waals surface area (Å²) in [5.74, 6) is -0.861. The Morgan fingerprint density at radius 1 is 1.43 bits per heavy atom. The van der Waals surface area contributed by atoms with E-state index in [-0.39, 0.29) is 18.6 Å². The summed E-state index contributed by atoms with van der Waals surface area (Å²) in [6.07, 6.45) is 0.427. The second-order valence-corrected chi connectivity index (χ2v) is 6.00. The Kier molecular flexibility index (Phi) is 6.91. The van der Waals surface area contributed by atoms with Crippen LogP contribution in [0.2, 0.25) is 0 Å². The third-order valence-corrected chi connectivity index (χ3v) is 3.58. The summed E-state index contributed by atoms with van der Waals surface area (Å²) in [7, 11) is 0. The van der Waals surface area contributed by atoms with Gasteiger partial charge in [0.25, 0.3) is 0 Å². The smallest absolute Gasteiger partial charge is 0.315 e. The topological polar surface area (TPSA) is 90.9 Å². The monoisotopic (exact) mass is 301 g/mol. The fourth-order valence-electron chi connectivity index (χ4n) is 2.23. The van der Waals surface area contributed by atoms with Gasteiger partial charge in [-0.3, -0.25) is 9.69 Å². The number of carbonyl (C=O) groups is 2. The molecule has 1 fully saturated rings. The van der Waals surface area contributed by atoms with Gasteiger partial charge < -0.3 is 20.5 Å². The highest BCUT2D eigenvalue weighted by atomic mass is 16.5. The van der Waals surface area contributed by atoms with Crippen molar-refractivity contribution in [1.29, 1.82) is 0 Å². The average molecular weight is 301 g/mol. The second kappa shape index (κ2) is 8.19. The first-order chi connectivity index (χ1) is 9.82. The molecule has 0 spiro atoms. The molecule has 0 radical (unpaired) electrons. The Balaban J connectivity index is 2.28. The van der Waals surface area contributed by atoms with E-state index in [9.17, 15) is 9.59 Å². The number of nitrogens with one attached hydrogen (secondary N) is 2. The number of carboxylic acid groups (broad SMARTS) is 1. The van der Waals surface area contributed by atoms with Crippen LogP contribution in [-0.2, 0) is 9.53 Å². The van der Waals surface area contributed by atoms with Crippen molar-refractivity contribution in [2.45, 2.75) is 45.3 Å². The highest BCUT2D eigenvalue weighted by Gasteiger charge is 2.23. The first kappa shape index (κ1) is 17.7. The molecule has 3 N–H and O–H groups in total. The van der Waals surface area contributed by atoms with Crippen molar-refractivity contribution in [3.8, 4) is 0 Å². The summed E-state index contributed by atoms with van der Waals surface area (Å²) in [5.41, 5.74) is -0.550. The number of nitrogens with zero attached hydrogens (tertiary/aromatic N) is 1. The molecule has 0 aliphatic carbocycles. The Bertz CT molecular complexity index is 360. The van der Waals surface area contributed by atoms with Crippen LogP contribution in [0.5, 0.6) is 0 Å². The van der Waals surface area contributed by atoms with Crippen molar-refractivity contribution in [1.82, 2.24) is 15.5 Å². The minimum absolute atomic E-state index is 0.00609. The lowest BCUT2D eigenvalue weighted by Crippen LogP contribution is -2.52. The van der Waals surface area contributed by atoms with E-state index in [0.717, 1.165) is 19.6 Å². The number of hydrogen-bond acceptors (Lipinski definition) is 4. The fraction of sp³-hybridized carbons (Fsp3) is 0.857. The molecule has 1 saturated heterocycles. The number of likely N-dealkylation sites (N-methyl/N-ethyl adjacent to an activating group) is 1. The van der Waals surface area contributed by atoms with Crippen LogP contribution in [0.4, 0.5) is 4.79 Å². The van der Waals surface area contributed by atoms with Gasteiger partial charge in [0.1, 0.15) is 0 Å². The number of hydrogen-bond donors (Lipinski definition) is 3. The SMILES string of the molecule is CCN1CCOC(CNC(=O)NC(C)(C)CCC(=O)O)C1. The van der Waals surface area contributed by atoms with E-state index < -0.39 is 11.5 Å². The van der Waals surface area contributed by atoms with Crippen molar-refractivity contribution in [3.05, 3.63) is 0 Å². The van der Waals surface area contributed by atoms with Crippen LogP contribution in [0, 0.1) is 0 Å². The van der Waals surface area contributed by atoms with Crippen molar-refractivity contribution in [2.75, 3.05) is 32.8 Å². The van der Waals surface area contributed by atoms with Crippen LogP contribution in [0.1, 0.15) is 33.6 Å². The number of rotatable bonds is 7. The first-order valence-electron chi connectivity index (χ1n) is 7.44. The van der Waals surface area contributed by atoms with E-state index in [1.807, 2.05) is 13.8 Å². The maximum absolute atomic E-state index is 11.9. The van der Waals surface area contributed by atoms with E-state index in [1.165, 1.54) is 0 Å². The molecule has 21 heavy (non-hydrogen) atoms. The summed E-state index contributed by atoms with van der Waals surface area (Å²) in [6.45, 7) is 9.60. The zero-order valence-corrected chi connectivity index (χ0v) is 13.1. The standard InChI is InChI=1S/C14H27N3O4/c1-4-17-7-8-21-11(10-17)9-15-13(20)16-14(2,3)6-5-12(18)19/h11H,4-10H2,1-3H3,(H,18,19)(H2,15,16,20). The van der Waals surface area contributed by atoms with Crippen molar-refractivity contribution < 1.29 is 19.4 Å². The highest BCUT2D eigenvalue weighted by Crippen LogP contribution is 2.11. The van der Waals surface area contributed by atoms with Gasteiger partial charge in [0, 0.05) is 31.6 Å². The number of urea groups is 1. The first-order valence-corrected chi connectivity index (χ1v) is 7.44. The molecule has 1 unspecified atom stereocenters. The quantitative estimate of drug-likeness (QED) is 0.642. The molecule has 7 heteroatoms. The lowest BCUT2D eigenvalue weighted by molar-refractivity contribution is -0.137. The van der Waals surface area contributed by atoms with Crippen molar-refractivity contribution in [3.63, 3.8) is 0 Å². The van der Waals surface area contributed by atoms with E-state index in [4.69, 9.17) is 9.84 Å². The van der Waals surface area contributed by atoms with Crippen molar-refractivity contribution in [2.24, 2.45) is 0 Å². The summed E-state index contributed by atoms with van der Waals surface area (Å²) in [5, 5.41) is 14.3. The summed E-state index contributed by atoms with van der Waals surface area (Å²) in [6, 6.07) is -0.289. The Hall–Kier alpha value is -1.34. The predicted octanol–water partition coefficient (Wildman–Crippen LogP) is 0.650. The predicted molar refractivity (Wildman–Crippen MR) is 79.3 cm³/mol. The number of carbonyl (C=O) groups excluding carboxylic acids is 1. The molecule has 1 heterocycles. The van der Waals surface area contributed by atoms with Gasteiger partial charge in [-0.15, -0.1) is 0 Å². The molecular weight excluding hydrogens is 274 g/mol. The van der Waals surface area contributed by atoms with Crippen LogP contribution >= 0.6 is 0 Å². The normalized spacial score (nSPS) is 20.0. The fourth-order valence-corrected chi connectivity index (χ4v) is 2.23. The van der Waals surface area contributed by atoms with Gasteiger partial charge in [-0.1, -0.05) is 6.92 Å². The molecule has 1 aliphatic heterocycles. The Morgan fingerprint density at radius 3 is 2.76 bits per heavy atom. The van der Waals surface area contributed by atoms with Crippen LogP contribution < -0.4 is 10.6 Å². The van der Waals surface area contributed by atoms with Gasteiger partial charge in [-0.25, -0.2) is 4.79 Å². The van der Waals surface area contributed by atoms with Gasteiger partial charge in [-0.2, -0.15) is 0 Å². The third kappa shape index (κ3) is 7.29. The number of amides is 2. The maximum Gasteiger partial charge on any atom is 0.315 e. The molecule has 0 bridgehead atoms. The average Bonchev–Trinajstić information content (AvgIpc) is 2.43. The molecule has 1 rings (SSSR count). The molecule has 1 aliphatic rings. The Morgan fingerprint density at radius 2 is 2.14 bits per heavy atom. The van der Waals surface area contributed by atoms with Gasteiger partial charge in [0.05, 0.1) is 12.7 Å². The van der Waals surface area contributed by atoms with Crippen LogP contribution in [-0.4, -0.2) is 66.4 Å². The molecule has 0 aromatic rings. The maximum atomic E-state index is 11.9. The lowest BCUT2D eigenvalue weighted by Gasteiger charge is -2.32. The molecule has 0 saturated carbocycles. The molecular formula is C14H27N3O4. The highest BCUT2D eigenvalue weighted by molar-refractivity contribution is 5.75. The molecule has 0 aromatic carbocycles. The molecule has 7 nitrogen and oxygen atoms in total. The van der Waals surface area contributed by atoms with Gasteiger partial charge in [-0.05, 0) is 26.8 Å². The summed E-state index contributed by atoms with van der Waals surface area (Å²) >= 11 is 0. The van der Waals surface area contributed by atoms with Crippen LogP contribution in [0.3, 0.4) is 0 Å². The molecule has 1 atom stereocenters. The molecule has 0 aromatic heterocycles. The molecule has 2 amide bonds. The second-order valence-electron chi connectivity index (χ2n) is 6.00. The van der Waals surface area contributed by atoms with Gasteiger partial charge in [0.15, 0.2) is 0 Å². The van der Waals surface area contributed by atoms with Crippen molar-refractivity contribution >= 4 is 12.0 Å². The van der Waals surface area contributed by atoms with Crippen LogP contribution in [0.15, 0.2) is 0 Å². The van der Waals surface area contributed by atoms with Crippen LogP contribution in [0.25, 0.3) is 0 Å². The van der Waals surface area contributed by atoms with Gasteiger partial charge in [0.2, 0.25) is 0 Å². The lowest BCUT2D eigenvalue weighted by atomic mass is 9.99. The minimum Gasteiger partial charge on any atom is -0.481 e. The number of morpholine rings is 1. The number of ether oxygens (including phenoxy) is 1. The molecule has 122 valence electrons. The zero-order valence-electron chi connectivity index (χ0n) is 13.1. The van der Waals surface area contributed by atoms with E-state index >= 15 is 0 Å². The minimum atomic E-state index is -0.861. The summed E-state index contributed by atoms with van der Waals surface area (Å²) < 4.78 is 5.61. The number of carboxylic acids is 1.